The minimum Gasteiger partial charge on any atom is -0.871 e. The predicted molar refractivity (Wildman–Crippen MR) is 189 cm³/mol. The van der Waals surface area contributed by atoms with E-state index in [0.717, 1.165) is 28.5 Å². The summed E-state index contributed by atoms with van der Waals surface area (Å²) >= 11 is 1.16. The van der Waals surface area contributed by atoms with Crippen molar-refractivity contribution in [3.05, 3.63) is 102 Å². The Balaban J connectivity index is 0.00000271. The predicted octanol–water partition coefficient (Wildman–Crippen LogP) is 2.37. The quantitative estimate of drug-likeness (QED) is 0.138. The van der Waals surface area contributed by atoms with Crippen molar-refractivity contribution in [2.75, 3.05) is 0 Å². The van der Waals surface area contributed by atoms with Crippen LogP contribution >= 0.6 is 11.3 Å². The number of aromatic nitrogens is 1. The van der Waals surface area contributed by atoms with E-state index in [0.29, 0.717) is 26.5 Å². The van der Waals surface area contributed by atoms with Crippen LogP contribution in [0.1, 0.15) is 11.1 Å². The summed E-state index contributed by atoms with van der Waals surface area (Å²) in [4.78, 5) is 3.49. The Morgan fingerprint density at radius 2 is 1.32 bits per heavy atom. The minimum absolute atomic E-state index is 0. The Bertz CT molecular complexity index is 2880. The van der Waals surface area contributed by atoms with Crippen molar-refractivity contribution in [1.82, 2.24) is 4.98 Å². The zero-order valence-corrected chi connectivity index (χ0v) is 34.9. The van der Waals surface area contributed by atoms with Crippen LogP contribution < -0.4 is 69.3 Å². The summed E-state index contributed by atoms with van der Waals surface area (Å²) in [6, 6.07) is 23.2. The molecule has 7 rings (SSSR count). The molecule has 256 valence electrons. The number of rotatable bonds is 7. The van der Waals surface area contributed by atoms with Crippen LogP contribution in [0, 0.1) is 13.8 Å². The topological polar surface area (TPSA) is 217 Å². The third-order valence-electron chi connectivity index (χ3n) is 8.03. The number of aryl methyl sites for hydroxylation is 2. The molecule has 18 heteroatoms. The molecule has 0 saturated heterocycles. The number of hydrogen-bond acceptors (Lipinski definition) is 12. The smallest absolute Gasteiger partial charge is 0.871 e. The second-order valence-electron chi connectivity index (χ2n) is 11.5. The minimum atomic E-state index is -4.91. The van der Waals surface area contributed by atoms with Crippen molar-refractivity contribution in [3.8, 4) is 22.1 Å². The third kappa shape index (κ3) is 8.08. The molecule has 0 amide bonds. The number of hydrogen-bond donors (Lipinski definition) is 2. The maximum absolute atomic E-state index is 13.6. The van der Waals surface area contributed by atoms with Crippen LogP contribution in [0.3, 0.4) is 0 Å². The number of benzene rings is 6. The van der Waals surface area contributed by atoms with Gasteiger partial charge in [0.25, 0.3) is 20.2 Å². The SMILES string of the molecule is Cc1ccc(N=Nc2c(S(=O)(=O)O)cc3c(ccc4nc(-c5cccc(N=Nc6cc(S(=O)(=O)O)c7ccccc7c6[O-])c5)sc43)c2[O-])c(C)c1.[Na+].[Na+]. The van der Waals surface area contributed by atoms with Crippen molar-refractivity contribution in [1.29, 1.82) is 0 Å². The zero-order chi connectivity index (χ0) is 36.2. The first-order chi connectivity index (χ1) is 24.2. The molecule has 0 unspecified atom stereocenters. The maximum atomic E-state index is 13.6. The largest absolute Gasteiger partial charge is 1.00 e. The molecule has 6 aromatic carbocycles. The average molecular weight is 784 g/mol. The fourth-order valence-electron chi connectivity index (χ4n) is 5.63. The fraction of sp³-hybridized carbons (Fsp3) is 0.0571. The molecule has 0 saturated carbocycles. The summed E-state index contributed by atoms with van der Waals surface area (Å²) in [6.45, 7) is 3.70. The van der Waals surface area contributed by atoms with E-state index in [1.165, 1.54) is 24.3 Å². The van der Waals surface area contributed by atoms with Gasteiger partial charge in [0, 0.05) is 16.3 Å². The molecule has 0 bridgehead atoms. The van der Waals surface area contributed by atoms with Crippen LogP contribution in [0.15, 0.2) is 121 Å². The molecule has 0 spiro atoms. The Labute approximate surface area is 351 Å². The number of thiazole rings is 1. The average Bonchev–Trinajstić information content (AvgIpc) is 3.53. The number of azo groups is 2. The summed E-state index contributed by atoms with van der Waals surface area (Å²) < 4.78 is 69.5. The van der Waals surface area contributed by atoms with E-state index in [9.17, 15) is 36.2 Å². The van der Waals surface area contributed by atoms with Gasteiger partial charge in [0.15, 0.2) is 0 Å². The molecule has 0 aliphatic heterocycles. The van der Waals surface area contributed by atoms with Gasteiger partial charge in [-0.15, -0.1) is 16.5 Å². The number of nitrogens with zero attached hydrogens (tertiary/aromatic N) is 5. The van der Waals surface area contributed by atoms with E-state index < -0.39 is 47.2 Å². The van der Waals surface area contributed by atoms with E-state index in [1.54, 1.807) is 61.5 Å². The third-order valence-corrected chi connectivity index (χ3v) is 10.9. The Hall–Kier alpha value is -3.65. The molecule has 13 nitrogen and oxygen atoms in total. The standard InChI is InChI=1S/C35H25N5O8S3.2Na/c1-18-10-12-26(19(2)14-18)38-40-31-30(51(46,47)48)16-25-24(33(31)42)11-13-27-34(25)49-35(36-27)20-6-5-7-21(15-20)37-39-28-17-29(50(43,44)45)22-8-3-4-9-23(22)32(28)41;;/h3-17,41-42H,1-2H3,(H,43,44,45)(H,46,47,48);;/q;2*+1/p-2. The molecular weight excluding hydrogens is 761 g/mol. The summed E-state index contributed by atoms with van der Waals surface area (Å²) in [6.07, 6.45) is 0. The molecule has 0 aliphatic rings. The fourth-order valence-corrected chi connectivity index (χ4v) is 8.07. The van der Waals surface area contributed by atoms with Gasteiger partial charge in [0.1, 0.15) is 14.8 Å². The van der Waals surface area contributed by atoms with Gasteiger partial charge >= 0.3 is 59.1 Å². The molecule has 53 heavy (non-hydrogen) atoms. The molecular formula is C35H23N5Na2O8S3. The van der Waals surface area contributed by atoms with E-state index in [2.05, 4.69) is 25.4 Å². The normalized spacial score (nSPS) is 12.2. The van der Waals surface area contributed by atoms with E-state index in [1.807, 2.05) is 13.0 Å². The van der Waals surface area contributed by atoms with E-state index >= 15 is 0 Å². The maximum Gasteiger partial charge on any atom is 1.00 e. The van der Waals surface area contributed by atoms with Crippen LogP contribution in [0.4, 0.5) is 22.7 Å². The summed E-state index contributed by atoms with van der Waals surface area (Å²) in [7, 11) is -9.59. The van der Waals surface area contributed by atoms with E-state index in [4.69, 9.17) is 0 Å². The Morgan fingerprint density at radius 3 is 2.02 bits per heavy atom. The Kier molecular flexibility index (Phi) is 11.9. The summed E-state index contributed by atoms with van der Waals surface area (Å²) in [5.74, 6) is -1.32. The Morgan fingerprint density at radius 1 is 0.642 bits per heavy atom. The first kappa shape index (κ1) is 40.5. The van der Waals surface area contributed by atoms with Crippen LogP contribution in [0.5, 0.6) is 11.5 Å². The molecule has 0 aliphatic carbocycles. The summed E-state index contributed by atoms with van der Waals surface area (Å²) in [5.41, 5.74) is 2.66. The van der Waals surface area contributed by atoms with Gasteiger partial charge < -0.3 is 10.2 Å². The molecule has 0 radical (unpaired) electrons. The zero-order valence-electron chi connectivity index (χ0n) is 28.5. The number of fused-ring (bicyclic) bond motifs is 4. The van der Waals surface area contributed by atoms with Crippen LogP contribution in [-0.4, -0.2) is 30.9 Å². The van der Waals surface area contributed by atoms with Crippen LogP contribution in [0.2, 0.25) is 0 Å². The van der Waals surface area contributed by atoms with Crippen molar-refractivity contribution in [2.24, 2.45) is 20.5 Å². The molecule has 0 fully saturated rings. The van der Waals surface area contributed by atoms with Gasteiger partial charge in [-0.25, -0.2) is 4.98 Å². The molecule has 0 atom stereocenters. The van der Waals surface area contributed by atoms with Gasteiger partial charge in [-0.05, 0) is 66.6 Å². The molecule has 1 heterocycles. The molecule has 7 aromatic rings. The summed E-state index contributed by atoms with van der Waals surface area (Å²) in [5, 5.41) is 43.9. The van der Waals surface area contributed by atoms with E-state index in [-0.39, 0.29) is 92.0 Å². The molecule has 2 N–H and O–H groups in total. The molecule has 1 aromatic heterocycles. The second kappa shape index (κ2) is 15.6. The first-order valence-corrected chi connectivity index (χ1v) is 18.6. The van der Waals surface area contributed by atoms with Gasteiger partial charge in [-0.1, -0.05) is 71.7 Å². The monoisotopic (exact) mass is 783 g/mol. The van der Waals surface area contributed by atoms with Gasteiger partial charge in [0.05, 0.1) is 33.0 Å². The van der Waals surface area contributed by atoms with Crippen molar-refractivity contribution in [3.63, 3.8) is 0 Å². The second-order valence-corrected chi connectivity index (χ2v) is 15.3. The van der Waals surface area contributed by atoms with Gasteiger partial charge in [0.2, 0.25) is 0 Å². The van der Waals surface area contributed by atoms with Crippen LogP contribution in [0.25, 0.3) is 42.3 Å². The van der Waals surface area contributed by atoms with Crippen molar-refractivity contribution >= 4 is 86.1 Å². The van der Waals surface area contributed by atoms with Gasteiger partial charge in [-0.2, -0.15) is 32.2 Å². The first-order valence-electron chi connectivity index (χ1n) is 15.0. The van der Waals surface area contributed by atoms with Crippen molar-refractivity contribution in [2.45, 2.75) is 23.6 Å². The van der Waals surface area contributed by atoms with Crippen LogP contribution in [-0.2, 0) is 20.2 Å². The van der Waals surface area contributed by atoms with Crippen molar-refractivity contribution < 1.29 is 95.3 Å². The van der Waals surface area contributed by atoms with Gasteiger partial charge in [-0.3, -0.25) is 9.11 Å².